The van der Waals surface area contributed by atoms with Gasteiger partial charge in [-0.3, -0.25) is 4.79 Å². The number of likely N-dealkylation sites (tertiary alicyclic amines) is 1. The summed E-state index contributed by atoms with van der Waals surface area (Å²) in [7, 11) is 0. The standard InChI is InChI=1S/C17H31N3O2/c1-17(2,3)13-8-4-5-9-14(13)19-15(21)12-7-6-10-20(11-12)16(18)22/h12-14H,4-11H2,1-3H3,(H2,18,22)(H,19,21)/t12-,13-,14+/m1/s1. The van der Waals surface area contributed by atoms with Gasteiger partial charge in [-0.15, -0.1) is 0 Å². The molecule has 3 amide bonds. The summed E-state index contributed by atoms with van der Waals surface area (Å²) in [5.74, 6) is 0.525. The van der Waals surface area contributed by atoms with Gasteiger partial charge in [-0.2, -0.15) is 0 Å². The molecule has 2 aliphatic rings. The van der Waals surface area contributed by atoms with Crippen LogP contribution in [0.4, 0.5) is 4.79 Å². The monoisotopic (exact) mass is 309 g/mol. The number of amides is 3. The molecule has 126 valence electrons. The van der Waals surface area contributed by atoms with Crippen molar-refractivity contribution >= 4 is 11.9 Å². The Morgan fingerprint density at radius 3 is 2.41 bits per heavy atom. The number of hydrogen-bond acceptors (Lipinski definition) is 2. The molecule has 0 unspecified atom stereocenters. The minimum atomic E-state index is -0.414. The second-order valence-electron chi connectivity index (χ2n) is 8.00. The fourth-order valence-electron chi connectivity index (χ4n) is 4.03. The van der Waals surface area contributed by atoms with E-state index in [4.69, 9.17) is 5.73 Å². The second-order valence-corrected chi connectivity index (χ2v) is 8.00. The van der Waals surface area contributed by atoms with Crippen molar-refractivity contribution in [3.8, 4) is 0 Å². The molecular formula is C17H31N3O2. The van der Waals surface area contributed by atoms with Crippen LogP contribution in [0.5, 0.6) is 0 Å². The highest BCUT2D eigenvalue weighted by Gasteiger charge is 2.36. The summed E-state index contributed by atoms with van der Waals surface area (Å²) >= 11 is 0. The lowest BCUT2D eigenvalue weighted by Gasteiger charge is -2.41. The van der Waals surface area contributed by atoms with E-state index in [1.54, 1.807) is 4.90 Å². The van der Waals surface area contributed by atoms with Crippen molar-refractivity contribution in [3.05, 3.63) is 0 Å². The third-order valence-electron chi connectivity index (χ3n) is 5.31. The van der Waals surface area contributed by atoms with Gasteiger partial charge in [0.25, 0.3) is 0 Å². The van der Waals surface area contributed by atoms with Crippen LogP contribution in [0.25, 0.3) is 0 Å². The van der Waals surface area contributed by atoms with E-state index in [-0.39, 0.29) is 23.3 Å². The van der Waals surface area contributed by atoms with Crippen LogP contribution in [0, 0.1) is 17.3 Å². The Morgan fingerprint density at radius 2 is 1.77 bits per heavy atom. The molecule has 0 bridgehead atoms. The smallest absolute Gasteiger partial charge is 0.314 e. The minimum Gasteiger partial charge on any atom is -0.353 e. The topological polar surface area (TPSA) is 75.4 Å². The summed E-state index contributed by atoms with van der Waals surface area (Å²) in [6.45, 7) is 7.92. The maximum absolute atomic E-state index is 12.6. The summed E-state index contributed by atoms with van der Waals surface area (Å²) in [5.41, 5.74) is 5.56. The largest absolute Gasteiger partial charge is 0.353 e. The molecule has 0 spiro atoms. The van der Waals surface area contributed by atoms with Crippen molar-refractivity contribution in [1.29, 1.82) is 0 Å². The third kappa shape index (κ3) is 4.14. The van der Waals surface area contributed by atoms with E-state index in [1.807, 2.05) is 0 Å². The molecule has 1 heterocycles. The maximum atomic E-state index is 12.6. The van der Waals surface area contributed by atoms with Crippen molar-refractivity contribution in [2.24, 2.45) is 23.0 Å². The van der Waals surface area contributed by atoms with Gasteiger partial charge in [0, 0.05) is 19.1 Å². The first-order valence-electron chi connectivity index (χ1n) is 8.64. The Kier molecular flexibility index (Phi) is 5.35. The molecule has 1 saturated heterocycles. The Hall–Kier alpha value is -1.26. The predicted molar refractivity (Wildman–Crippen MR) is 87.2 cm³/mol. The number of rotatable bonds is 2. The molecule has 1 aliphatic carbocycles. The third-order valence-corrected chi connectivity index (χ3v) is 5.31. The zero-order valence-electron chi connectivity index (χ0n) is 14.2. The number of hydrogen-bond donors (Lipinski definition) is 2. The van der Waals surface area contributed by atoms with Crippen LogP contribution in [0.1, 0.15) is 59.3 Å². The van der Waals surface area contributed by atoms with Crippen molar-refractivity contribution in [2.75, 3.05) is 13.1 Å². The molecule has 1 aliphatic heterocycles. The molecule has 2 fully saturated rings. The Balaban J connectivity index is 1.96. The molecule has 0 aromatic carbocycles. The highest BCUT2D eigenvalue weighted by Crippen LogP contribution is 2.38. The predicted octanol–water partition coefficient (Wildman–Crippen LogP) is 2.50. The molecule has 3 N–H and O–H groups in total. The average molecular weight is 309 g/mol. The van der Waals surface area contributed by atoms with Gasteiger partial charge < -0.3 is 16.0 Å². The van der Waals surface area contributed by atoms with Gasteiger partial charge in [0.1, 0.15) is 0 Å². The van der Waals surface area contributed by atoms with E-state index >= 15 is 0 Å². The molecule has 0 aromatic rings. The van der Waals surface area contributed by atoms with Crippen molar-refractivity contribution in [2.45, 2.75) is 65.3 Å². The van der Waals surface area contributed by atoms with E-state index in [2.05, 4.69) is 26.1 Å². The zero-order valence-corrected chi connectivity index (χ0v) is 14.2. The molecule has 5 heteroatoms. The summed E-state index contributed by atoms with van der Waals surface area (Å²) < 4.78 is 0. The lowest BCUT2D eigenvalue weighted by Crippen LogP contribution is -2.52. The molecule has 22 heavy (non-hydrogen) atoms. The van der Waals surface area contributed by atoms with E-state index in [1.165, 1.54) is 19.3 Å². The molecule has 5 nitrogen and oxygen atoms in total. The van der Waals surface area contributed by atoms with Crippen LogP contribution in [0.15, 0.2) is 0 Å². The maximum Gasteiger partial charge on any atom is 0.314 e. The summed E-state index contributed by atoms with van der Waals surface area (Å²) in [4.78, 5) is 25.5. The first kappa shape index (κ1) is 17.1. The normalized spacial score (nSPS) is 30.0. The van der Waals surface area contributed by atoms with Gasteiger partial charge in [-0.1, -0.05) is 33.6 Å². The lowest BCUT2D eigenvalue weighted by molar-refractivity contribution is -0.128. The molecule has 2 rings (SSSR count). The first-order chi connectivity index (χ1) is 10.3. The quantitative estimate of drug-likeness (QED) is 0.822. The highest BCUT2D eigenvalue weighted by atomic mass is 16.2. The molecule has 3 atom stereocenters. The van der Waals surface area contributed by atoms with Crippen molar-refractivity contribution in [1.82, 2.24) is 10.2 Å². The van der Waals surface area contributed by atoms with Crippen LogP contribution in [0.2, 0.25) is 0 Å². The number of nitrogens with two attached hydrogens (primary N) is 1. The molecule has 1 saturated carbocycles. The zero-order chi connectivity index (χ0) is 16.3. The number of urea groups is 1. The highest BCUT2D eigenvalue weighted by molar-refractivity contribution is 5.80. The SMILES string of the molecule is CC(C)(C)[C@@H]1CCCC[C@@H]1NC(=O)[C@@H]1CCCN(C(N)=O)C1. The van der Waals surface area contributed by atoms with Gasteiger partial charge >= 0.3 is 6.03 Å². The van der Waals surface area contributed by atoms with Crippen LogP contribution < -0.4 is 11.1 Å². The summed E-state index contributed by atoms with van der Waals surface area (Å²) in [6.07, 6.45) is 6.41. The second kappa shape index (κ2) is 6.88. The molecule has 0 aromatic heterocycles. The number of piperidine rings is 1. The molecular weight excluding hydrogens is 278 g/mol. The fraction of sp³-hybridized carbons (Fsp3) is 0.882. The van der Waals surface area contributed by atoms with Gasteiger partial charge in [-0.25, -0.2) is 4.79 Å². The summed E-state index contributed by atoms with van der Waals surface area (Å²) in [6, 6.07) is -0.145. The van der Waals surface area contributed by atoms with Crippen LogP contribution in [-0.2, 0) is 4.79 Å². The number of carbonyl (C=O) groups excluding carboxylic acids is 2. The molecule has 0 radical (unpaired) electrons. The van der Waals surface area contributed by atoms with Crippen molar-refractivity contribution < 1.29 is 9.59 Å². The van der Waals surface area contributed by atoms with Gasteiger partial charge in [0.15, 0.2) is 0 Å². The van der Waals surface area contributed by atoms with E-state index in [0.29, 0.717) is 19.0 Å². The average Bonchev–Trinajstić information content (AvgIpc) is 2.46. The minimum absolute atomic E-state index is 0.104. The first-order valence-corrected chi connectivity index (χ1v) is 8.64. The number of nitrogens with zero attached hydrogens (tertiary/aromatic N) is 1. The van der Waals surface area contributed by atoms with E-state index in [0.717, 1.165) is 19.3 Å². The van der Waals surface area contributed by atoms with E-state index < -0.39 is 6.03 Å². The number of primary amides is 1. The lowest BCUT2D eigenvalue weighted by atomic mass is 9.69. The van der Waals surface area contributed by atoms with Crippen LogP contribution >= 0.6 is 0 Å². The number of carbonyl (C=O) groups is 2. The van der Waals surface area contributed by atoms with Gasteiger partial charge in [0.05, 0.1) is 5.92 Å². The Bertz CT molecular complexity index is 417. The van der Waals surface area contributed by atoms with E-state index in [9.17, 15) is 9.59 Å². The summed E-state index contributed by atoms with van der Waals surface area (Å²) in [5, 5.41) is 3.29. The van der Waals surface area contributed by atoms with Crippen molar-refractivity contribution in [3.63, 3.8) is 0 Å². The fourth-order valence-corrected chi connectivity index (χ4v) is 4.03. The Labute approximate surface area is 134 Å². The Morgan fingerprint density at radius 1 is 1.09 bits per heavy atom. The number of nitrogens with one attached hydrogen (secondary N) is 1. The van der Waals surface area contributed by atoms with Crippen LogP contribution in [-0.4, -0.2) is 36.0 Å². The van der Waals surface area contributed by atoms with Crippen LogP contribution in [0.3, 0.4) is 0 Å². The van der Waals surface area contributed by atoms with Gasteiger partial charge in [0.2, 0.25) is 5.91 Å². The van der Waals surface area contributed by atoms with Gasteiger partial charge in [-0.05, 0) is 37.0 Å².